The summed E-state index contributed by atoms with van der Waals surface area (Å²) in [6.07, 6.45) is 0.667. The molecule has 0 spiro atoms. The van der Waals surface area contributed by atoms with Crippen molar-refractivity contribution in [1.29, 1.82) is 0 Å². The number of ether oxygens (including phenoxy) is 1. The predicted molar refractivity (Wildman–Crippen MR) is 110 cm³/mol. The van der Waals surface area contributed by atoms with E-state index in [0.717, 1.165) is 21.2 Å². The molecule has 0 saturated heterocycles. The molecule has 1 aliphatic heterocycles. The SMILES string of the molecule is Cc1noc(-c2c(NS(=O)(=O)c3ccc4ccccc4c3)sc3c2CCOC3)n1. The van der Waals surface area contributed by atoms with Crippen LogP contribution in [-0.2, 0) is 27.8 Å². The molecule has 0 radical (unpaired) electrons. The molecular formula is C20H17N3O4S2. The van der Waals surface area contributed by atoms with Crippen molar-refractivity contribution in [2.24, 2.45) is 0 Å². The number of anilines is 1. The van der Waals surface area contributed by atoms with Crippen molar-refractivity contribution >= 4 is 37.1 Å². The van der Waals surface area contributed by atoms with Crippen LogP contribution in [-0.4, -0.2) is 25.2 Å². The number of nitrogens with zero attached hydrogens (tertiary/aromatic N) is 2. The molecule has 148 valence electrons. The average molecular weight is 428 g/mol. The summed E-state index contributed by atoms with van der Waals surface area (Å²) >= 11 is 1.35. The lowest BCUT2D eigenvalue weighted by atomic mass is 10.1. The highest BCUT2D eigenvalue weighted by Gasteiger charge is 2.28. The Morgan fingerprint density at radius 3 is 2.76 bits per heavy atom. The molecule has 7 nitrogen and oxygen atoms in total. The summed E-state index contributed by atoms with van der Waals surface area (Å²) in [6, 6.07) is 12.7. The number of thiophene rings is 1. The zero-order chi connectivity index (χ0) is 20.0. The number of sulfonamides is 1. The summed E-state index contributed by atoms with van der Waals surface area (Å²) in [5.74, 6) is 0.813. The first-order chi connectivity index (χ1) is 14.0. The van der Waals surface area contributed by atoms with Crippen LogP contribution in [0, 0.1) is 6.92 Å². The molecule has 5 rings (SSSR count). The first-order valence-electron chi connectivity index (χ1n) is 9.06. The summed E-state index contributed by atoms with van der Waals surface area (Å²) < 4.78 is 39.9. The van der Waals surface area contributed by atoms with Gasteiger partial charge < -0.3 is 9.26 Å². The quantitative estimate of drug-likeness (QED) is 0.526. The van der Waals surface area contributed by atoms with Crippen molar-refractivity contribution in [3.05, 3.63) is 58.7 Å². The summed E-state index contributed by atoms with van der Waals surface area (Å²) in [5, 5.41) is 6.18. The van der Waals surface area contributed by atoms with Crippen LogP contribution in [0.5, 0.6) is 0 Å². The summed E-state index contributed by atoms with van der Waals surface area (Å²) in [5.41, 5.74) is 1.65. The molecule has 0 aliphatic carbocycles. The highest BCUT2D eigenvalue weighted by Crippen LogP contribution is 2.43. The van der Waals surface area contributed by atoms with Crippen LogP contribution >= 0.6 is 11.3 Å². The van der Waals surface area contributed by atoms with E-state index in [4.69, 9.17) is 9.26 Å². The number of benzene rings is 2. The molecule has 0 atom stereocenters. The monoisotopic (exact) mass is 427 g/mol. The molecule has 0 bridgehead atoms. The molecule has 1 aliphatic rings. The molecule has 0 saturated carbocycles. The number of fused-ring (bicyclic) bond motifs is 2. The molecule has 3 heterocycles. The molecule has 2 aromatic heterocycles. The Morgan fingerprint density at radius 2 is 1.97 bits per heavy atom. The van der Waals surface area contributed by atoms with Gasteiger partial charge in [-0.2, -0.15) is 4.98 Å². The maximum absolute atomic E-state index is 13.1. The molecule has 4 aromatic rings. The topological polar surface area (TPSA) is 94.3 Å². The van der Waals surface area contributed by atoms with Crippen molar-refractivity contribution in [2.75, 3.05) is 11.3 Å². The third kappa shape index (κ3) is 3.31. The van der Waals surface area contributed by atoms with Gasteiger partial charge in [-0.05, 0) is 41.8 Å². The maximum atomic E-state index is 13.1. The summed E-state index contributed by atoms with van der Waals surface area (Å²) in [7, 11) is -3.80. The van der Waals surface area contributed by atoms with Gasteiger partial charge in [0.2, 0.25) is 0 Å². The molecule has 0 unspecified atom stereocenters. The zero-order valence-electron chi connectivity index (χ0n) is 15.5. The molecule has 29 heavy (non-hydrogen) atoms. The highest BCUT2D eigenvalue weighted by molar-refractivity contribution is 7.93. The third-order valence-corrected chi connectivity index (χ3v) is 7.42. The second kappa shape index (κ2) is 6.94. The normalized spacial score (nSPS) is 14.1. The van der Waals surface area contributed by atoms with Gasteiger partial charge in [0, 0.05) is 4.88 Å². The van der Waals surface area contributed by atoms with E-state index in [0.29, 0.717) is 41.9 Å². The predicted octanol–water partition coefficient (Wildman–Crippen LogP) is 4.13. The zero-order valence-corrected chi connectivity index (χ0v) is 17.1. The van der Waals surface area contributed by atoms with Crippen LogP contribution in [0.2, 0.25) is 0 Å². The Labute approximate surface area is 171 Å². The van der Waals surface area contributed by atoms with E-state index in [1.165, 1.54) is 11.3 Å². The van der Waals surface area contributed by atoms with E-state index in [-0.39, 0.29) is 4.90 Å². The summed E-state index contributed by atoms with van der Waals surface area (Å²) in [4.78, 5) is 5.49. The van der Waals surface area contributed by atoms with Crippen molar-refractivity contribution in [3.8, 4) is 11.5 Å². The lowest BCUT2D eigenvalue weighted by molar-refractivity contribution is 0.113. The number of hydrogen-bond acceptors (Lipinski definition) is 7. The lowest BCUT2D eigenvalue weighted by Gasteiger charge is -2.12. The smallest absolute Gasteiger partial charge is 0.262 e. The van der Waals surface area contributed by atoms with Crippen molar-refractivity contribution in [2.45, 2.75) is 24.8 Å². The van der Waals surface area contributed by atoms with Gasteiger partial charge in [-0.3, -0.25) is 4.72 Å². The first-order valence-corrected chi connectivity index (χ1v) is 11.4. The van der Waals surface area contributed by atoms with E-state index < -0.39 is 10.0 Å². The molecule has 1 N–H and O–H groups in total. The van der Waals surface area contributed by atoms with E-state index in [9.17, 15) is 8.42 Å². The lowest BCUT2D eigenvalue weighted by Crippen LogP contribution is -2.13. The van der Waals surface area contributed by atoms with Gasteiger partial charge in [-0.1, -0.05) is 35.5 Å². The first kappa shape index (κ1) is 18.3. The van der Waals surface area contributed by atoms with Crippen LogP contribution in [0.1, 0.15) is 16.3 Å². The third-order valence-electron chi connectivity index (χ3n) is 4.82. The maximum Gasteiger partial charge on any atom is 0.262 e. The van der Waals surface area contributed by atoms with Gasteiger partial charge in [0.25, 0.3) is 15.9 Å². The van der Waals surface area contributed by atoms with Crippen molar-refractivity contribution in [1.82, 2.24) is 10.1 Å². The van der Waals surface area contributed by atoms with E-state index in [1.54, 1.807) is 25.1 Å². The van der Waals surface area contributed by atoms with Gasteiger partial charge in [0.1, 0.15) is 5.00 Å². The van der Waals surface area contributed by atoms with E-state index >= 15 is 0 Å². The van der Waals surface area contributed by atoms with Gasteiger partial charge in [0.05, 0.1) is 23.7 Å². The fourth-order valence-corrected chi connectivity index (χ4v) is 5.96. The highest BCUT2D eigenvalue weighted by atomic mass is 32.2. The van der Waals surface area contributed by atoms with Crippen LogP contribution in [0.25, 0.3) is 22.2 Å². The van der Waals surface area contributed by atoms with E-state index in [2.05, 4.69) is 14.9 Å². The van der Waals surface area contributed by atoms with Crippen molar-refractivity contribution in [3.63, 3.8) is 0 Å². The molecule has 0 fully saturated rings. The second-order valence-electron chi connectivity index (χ2n) is 6.77. The minimum atomic E-state index is -3.80. The Balaban J connectivity index is 1.59. The van der Waals surface area contributed by atoms with Gasteiger partial charge >= 0.3 is 0 Å². The fourth-order valence-electron chi connectivity index (χ4n) is 3.44. The van der Waals surface area contributed by atoms with Crippen molar-refractivity contribution < 1.29 is 17.7 Å². The van der Waals surface area contributed by atoms with Crippen LogP contribution in [0.3, 0.4) is 0 Å². The number of nitrogens with one attached hydrogen (secondary N) is 1. The Bertz CT molecular complexity index is 1320. The standard InChI is InChI=1S/C20H17N3O4S2/c1-12-21-19(27-22-12)18-16-8-9-26-11-17(16)28-20(18)23-29(24,25)15-7-6-13-4-2-3-5-14(13)10-15/h2-7,10,23H,8-9,11H2,1H3. The van der Waals surface area contributed by atoms with Gasteiger partial charge in [-0.25, -0.2) is 8.42 Å². The molecule has 9 heteroatoms. The van der Waals surface area contributed by atoms with Gasteiger partial charge in [-0.15, -0.1) is 11.3 Å². The number of hydrogen-bond donors (Lipinski definition) is 1. The van der Waals surface area contributed by atoms with E-state index in [1.807, 2.05) is 24.3 Å². The van der Waals surface area contributed by atoms with Crippen LogP contribution in [0.4, 0.5) is 5.00 Å². The van der Waals surface area contributed by atoms with Gasteiger partial charge in [0.15, 0.2) is 5.82 Å². The van der Waals surface area contributed by atoms with Crippen LogP contribution in [0.15, 0.2) is 51.9 Å². The minimum Gasteiger partial charge on any atom is -0.376 e. The Kier molecular flexibility index (Phi) is 4.38. The second-order valence-corrected chi connectivity index (χ2v) is 9.56. The molecular weight excluding hydrogens is 410 g/mol. The Hall–Kier alpha value is -2.75. The number of aromatic nitrogens is 2. The number of rotatable bonds is 4. The summed E-state index contributed by atoms with van der Waals surface area (Å²) in [6.45, 7) is 2.74. The fraction of sp³-hybridized carbons (Fsp3) is 0.200. The number of aryl methyl sites for hydroxylation is 1. The minimum absolute atomic E-state index is 0.200. The molecule has 2 aromatic carbocycles. The molecule has 0 amide bonds. The average Bonchev–Trinajstić information content (AvgIpc) is 3.29. The van der Waals surface area contributed by atoms with Crippen LogP contribution < -0.4 is 4.72 Å². The Morgan fingerprint density at radius 1 is 1.14 bits per heavy atom. The largest absolute Gasteiger partial charge is 0.376 e.